The minimum Gasteiger partial charge on any atom is -0.256 e. The van der Waals surface area contributed by atoms with Gasteiger partial charge in [0.15, 0.2) is 0 Å². The maximum absolute atomic E-state index is 4.77. The van der Waals surface area contributed by atoms with Crippen molar-refractivity contribution in [1.82, 2.24) is 14.8 Å². The Kier molecular flexibility index (Phi) is 3.60. The second kappa shape index (κ2) is 5.89. The van der Waals surface area contributed by atoms with Crippen molar-refractivity contribution in [2.45, 2.75) is 5.03 Å². The predicted octanol–water partition coefficient (Wildman–Crippen LogP) is 4.81. The van der Waals surface area contributed by atoms with Crippen molar-refractivity contribution in [3.05, 3.63) is 72.9 Å². The fraction of sp³-hybridized carbons (Fsp3) is 0.0526. The van der Waals surface area contributed by atoms with Crippen LogP contribution >= 0.6 is 11.8 Å². The molecule has 0 radical (unpaired) electrons. The van der Waals surface area contributed by atoms with Crippen molar-refractivity contribution >= 4 is 22.7 Å². The van der Waals surface area contributed by atoms with Crippen LogP contribution < -0.4 is 0 Å². The number of fused-ring (bicyclic) bond motifs is 1. The maximum atomic E-state index is 4.77. The van der Waals surface area contributed by atoms with Crippen LogP contribution in [0.15, 0.2) is 78.0 Å². The highest BCUT2D eigenvalue weighted by atomic mass is 32.2. The molecule has 0 aliphatic heterocycles. The normalized spacial score (nSPS) is 11.0. The molecule has 0 saturated heterocycles. The number of aromatic nitrogens is 3. The monoisotopic (exact) mass is 317 g/mol. The van der Waals surface area contributed by atoms with Gasteiger partial charge in [-0.1, -0.05) is 30.3 Å². The Hall–Kier alpha value is -2.59. The van der Waals surface area contributed by atoms with E-state index < -0.39 is 0 Å². The minimum atomic E-state index is 0.973. The Morgan fingerprint density at radius 3 is 2.48 bits per heavy atom. The molecular weight excluding hydrogens is 302 g/mol. The molecule has 0 N–H and O–H groups in total. The molecule has 0 fully saturated rings. The fourth-order valence-electron chi connectivity index (χ4n) is 2.70. The maximum Gasteiger partial charge on any atom is 0.126 e. The molecule has 0 bridgehead atoms. The first kappa shape index (κ1) is 14.0. The van der Waals surface area contributed by atoms with E-state index in [0.29, 0.717) is 0 Å². The van der Waals surface area contributed by atoms with Crippen molar-refractivity contribution in [2.75, 3.05) is 6.26 Å². The van der Waals surface area contributed by atoms with E-state index in [9.17, 15) is 0 Å². The number of nitrogens with zero attached hydrogens (tertiary/aromatic N) is 3. The van der Waals surface area contributed by atoms with Gasteiger partial charge in [0.2, 0.25) is 0 Å². The highest BCUT2D eigenvalue weighted by molar-refractivity contribution is 7.98. The standard InChI is InChI=1S/C19H15N3S/c1-23-19-16-11-10-14(17-9-5-6-12-20-17)13-18(16)22(21-19)15-7-3-2-4-8-15/h2-13H,1H3. The highest BCUT2D eigenvalue weighted by Crippen LogP contribution is 2.31. The fourth-order valence-corrected chi connectivity index (χ4v) is 3.25. The highest BCUT2D eigenvalue weighted by Gasteiger charge is 2.12. The van der Waals surface area contributed by atoms with Crippen molar-refractivity contribution in [3.8, 4) is 16.9 Å². The summed E-state index contributed by atoms with van der Waals surface area (Å²) in [6.45, 7) is 0. The summed E-state index contributed by atoms with van der Waals surface area (Å²) in [7, 11) is 0. The van der Waals surface area contributed by atoms with E-state index in [2.05, 4.69) is 41.6 Å². The number of thioether (sulfide) groups is 1. The molecule has 0 saturated carbocycles. The number of hydrogen-bond donors (Lipinski definition) is 0. The summed E-state index contributed by atoms with van der Waals surface area (Å²) in [5, 5.41) is 6.98. The predicted molar refractivity (Wildman–Crippen MR) is 96.1 cm³/mol. The zero-order valence-corrected chi connectivity index (χ0v) is 13.5. The molecule has 2 aromatic carbocycles. The van der Waals surface area contributed by atoms with E-state index in [-0.39, 0.29) is 0 Å². The first-order valence-corrected chi connectivity index (χ1v) is 8.63. The van der Waals surface area contributed by atoms with E-state index in [1.807, 2.05) is 47.3 Å². The van der Waals surface area contributed by atoms with Crippen LogP contribution in [-0.2, 0) is 0 Å². The molecule has 0 aliphatic rings. The largest absolute Gasteiger partial charge is 0.256 e. The average molecular weight is 317 g/mol. The van der Waals surface area contributed by atoms with Gasteiger partial charge in [-0.05, 0) is 42.7 Å². The smallest absolute Gasteiger partial charge is 0.126 e. The zero-order chi connectivity index (χ0) is 15.6. The topological polar surface area (TPSA) is 30.7 Å². The molecule has 112 valence electrons. The second-order valence-electron chi connectivity index (χ2n) is 5.20. The van der Waals surface area contributed by atoms with Crippen molar-refractivity contribution < 1.29 is 0 Å². The molecule has 0 spiro atoms. The van der Waals surface area contributed by atoms with Crippen molar-refractivity contribution in [1.29, 1.82) is 0 Å². The summed E-state index contributed by atoms with van der Waals surface area (Å²) >= 11 is 1.67. The third kappa shape index (κ3) is 2.51. The van der Waals surface area contributed by atoms with Crippen LogP contribution in [-0.4, -0.2) is 21.0 Å². The quantitative estimate of drug-likeness (QED) is 0.508. The lowest BCUT2D eigenvalue weighted by Crippen LogP contribution is -1.95. The Bertz CT molecular complexity index is 946. The van der Waals surface area contributed by atoms with E-state index in [1.54, 1.807) is 11.8 Å². The summed E-state index contributed by atoms with van der Waals surface area (Å²) in [4.78, 5) is 4.45. The minimum absolute atomic E-state index is 0.973. The molecule has 4 rings (SSSR count). The number of benzene rings is 2. The molecule has 3 nitrogen and oxygen atoms in total. The molecule has 4 heteroatoms. The molecular formula is C19H15N3S. The van der Waals surface area contributed by atoms with Crippen molar-refractivity contribution in [3.63, 3.8) is 0 Å². The number of hydrogen-bond acceptors (Lipinski definition) is 3. The Labute approximate surface area is 139 Å². The lowest BCUT2D eigenvalue weighted by molar-refractivity contribution is 0.862. The van der Waals surface area contributed by atoms with Crippen LogP contribution in [0.25, 0.3) is 27.8 Å². The molecule has 0 aliphatic carbocycles. The van der Waals surface area contributed by atoms with Crippen LogP contribution in [0.4, 0.5) is 0 Å². The molecule has 23 heavy (non-hydrogen) atoms. The molecule has 0 unspecified atom stereocenters. The molecule has 2 aromatic heterocycles. The number of rotatable bonds is 3. The van der Waals surface area contributed by atoms with Crippen LogP contribution in [0.5, 0.6) is 0 Å². The third-order valence-corrected chi connectivity index (χ3v) is 4.49. The number of pyridine rings is 1. The van der Waals surface area contributed by atoms with Gasteiger partial charge in [-0.3, -0.25) is 4.98 Å². The second-order valence-corrected chi connectivity index (χ2v) is 6.00. The summed E-state index contributed by atoms with van der Waals surface area (Å²) in [5.74, 6) is 0. The molecule has 0 atom stereocenters. The summed E-state index contributed by atoms with van der Waals surface area (Å²) in [6, 6.07) is 22.6. The van der Waals surface area contributed by atoms with Gasteiger partial charge in [-0.2, -0.15) is 5.10 Å². The van der Waals surface area contributed by atoms with Crippen LogP contribution in [0, 0.1) is 0 Å². The van der Waals surface area contributed by atoms with Gasteiger partial charge in [-0.25, -0.2) is 4.68 Å². The summed E-state index contributed by atoms with van der Waals surface area (Å²) < 4.78 is 2.01. The Morgan fingerprint density at radius 2 is 1.74 bits per heavy atom. The summed E-state index contributed by atoms with van der Waals surface area (Å²) in [5.41, 5.74) is 4.24. The van der Waals surface area contributed by atoms with Crippen LogP contribution in [0.1, 0.15) is 0 Å². The third-order valence-electron chi connectivity index (χ3n) is 3.80. The van der Waals surface area contributed by atoms with Gasteiger partial charge in [0.05, 0.1) is 16.9 Å². The zero-order valence-electron chi connectivity index (χ0n) is 12.7. The van der Waals surface area contributed by atoms with E-state index in [4.69, 9.17) is 5.10 Å². The van der Waals surface area contributed by atoms with Gasteiger partial charge < -0.3 is 0 Å². The average Bonchev–Trinajstić information content (AvgIpc) is 3.01. The lowest BCUT2D eigenvalue weighted by Gasteiger charge is -2.05. The molecule has 0 amide bonds. The first-order valence-electron chi connectivity index (χ1n) is 7.40. The first-order chi connectivity index (χ1) is 11.4. The van der Waals surface area contributed by atoms with Gasteiger partial charge in [0, 0.05) is 17.1 Å². The number of para-hydroxylation sites is 1. The van der Waals surface area contributed by atoms with E-state index >= 15 is 0 Å². The van der Waals surface area contributed by atoms with Crippen LogP contribution in [0.3, 0.4) is 0 Å². The molecule has 2 heterocycles. The SMILES string of the molecule is CSc1nn(-c2ccccc2)c2cc(-c3ccccn3)ccc12. The Morgan fingerprint density at radius 1 is 0.913 bits per heavy atom. The van der Waals surface area contributed by atoms with Crippen molar-refractivity contribution in [2.24, 2.45) is 0 Å². The van der Waals surface area contributed by atoms with Gasteiger partial charge in [-0.15, -0.1) is 11.8 Å². The van der Waals surface area contributed by atoms with Crippen LogP contribution in [0.2, 0.25) is 0 Å². The van der Waals surface area contributed by atoms with Gasteiger partial charge in [0.1, 0.15) is 5.03 Å². The Balaban J connectivity index is 1.96. The lowest BCUT2D eigenvalue weighted by atomic mass is 10.1. The summed E-state index contributed by atoms with van der Waals surface area (Å²) in [6.07, 6.45) is 3.88. The van der Waals surface area contributed by atoms with Gasteiger partial charge >= 0.3 is 0 Å². The van der Waals surface area contributed by atoms with E-state index in [0.717, 1.165) is 27.5 Å². The van der Waals surface area contributed by atoms with Gasteiger partial charge in [0.25, 0.3) is 0 Å². The molecule has 4 aromatic rings. The van der Waals surface area contributed by atoms with E-state index in [1.165, 1.54) is 5.39 Å².